The van der Waals surface area contributed by atoms with Crippen molar-refractivity contribution >= 4 is 67.0 Å². The second-order valence-electron chi connectivity index (χ2n) is 9.05. The fraction of sp³-hybridized carbons (Fsp3) is 0.133. The Bertz CT molecular complexity index is 1680. The largest absolute Gasteiger partial charge is 0.493 e. The molecule has 0 spiro atoms. The van der Waals surface area contributed by atoms with Crippen LogP contribution in [0.1, 0.15) is 16.7 Å². The van der Waals surface area contributed by atoms with Gasteiger partial charge in [0.05, 0.1) is 28.4 Å². The second kappa shape index (κ2) is 14.1. The van der Waals surface area contributed by atoms with Crippen molar-refractivity contribution in [3.63, 3.8) is 0 Å². The number of hydrazone groups is 1. The molecule has 0 heterocycles. The van der Waals surface area contributed by atoms with E-state index in [0.717, 1.165) is 15.4 Å². The van der Waals surface area contributed by atoms with E-state index < -0.39 is 22.5 Å². The van der Waals surface area contributed by atoms with Crippen molar-refractivity contribution in [1.29, 1.82) is 0 Å². The molecule has 0 aromatic heterocycles. The van der Waals surface area contributed by atoms with E-state index in [9.17, 15) is 13.2 Å². The Balaban J connectivity index is 1.51. The summed E-state index contributed by atoms with van der Waals surface area (Å²) in [5.41, 5.74) is 4.99. The Morgan fingerprint density at radius 3 is 2.31 bits per heavy atom. The summed E-state index contributed by atoms with van der Waals surface area (Å²) < 4.78 is 40.1. The molecule has 0 aliphatic carbocycles. The molecule has 0 unspecified atom stereocenters. The van der Waals surface area contributed by atoms with Crippen LogP contribution in [0.25, 0.3) is 0 Å². The van der Waals surface area contributed by atoms with E-state index in [0.29, 0.717) is 28.1 Å². The second-order valence-corrected chi connectivity index (χ2v) is 12.6. The van der Waals surface area contributed by atoms with Crippen molar-refractivity contribution in [3.05, 3.63) is 116 Å². The number of hydrogen-bond donors (Lipinski definition) is 1. The number of amides is 1. The maximum atomic E-state index is 13.6. The number of halogens is 3. The van der Waals surface area contributed by atoms with Gasteiger partial charge in [0.15, 0.2) is 11.5 Å². The Morgan fingerprint density at radius 1 is 1.00 bits per heavy atom. The molecule has 4 aromatic rings. The number of aryl methyl sites for hydroxylation is 1. The monoisotopic (exact) mass is 689 g/mol. The third-order valence-corrected chi connectivity index (χ3v) is 8.73. The zero-order valence-corrected chi connectivity index (χ0v) is 26.5. The molecule has 1 N–H and O–H groups in total. The van der Waals surface area contributed by atoms with Gasteiger partial charge in [-0.15, -0.1) is 0 Å². The number of rotatable bonds is 11. The molecule has 0 radical (unpaired) electrons. The van der Waals surface area contributed by atoms with Crippen LogP contribution in [0, 0.1) is 6.92 Å². The summed E-state index contributed by atoms with van der Waals surface area (Å²) in [6.45, 7) is 1.61. The summed E-state index contributed by atoms with van der Waals surface area (Å²) in [6.07, 6.45) is 1.40. The molecule has 12 heteroatoms. The molecule has 0 bridgehead atoms. The topological polar surface area (TPSA) is 97.3 Å². The number of nitrogens with one attached hydrogen (secondary N) is 1. The number of benzene rings is 4. The normalized spacial score (nSPS) is 11.4. The van der Waals surface area contributed by atoms with E-state index in [1.165, 1.54) is 43.7 Å². The number of sulfonamides is 1. The van der Waals surface area contributed by atoms with E-state index in [1.54, 1.807) is 24.3 Å². The lowest BCUT2D eigenvalue weighted by molar-refractivity contribution is -0.119. The molecule has 0 aliphatic heterocycles. The molecule has 0 saturated carbocycles. The van der Waals surface area contributed by atoms with Crippen LogP contribution in [0.2, 0.25) is 10.0 Å². The summed E-state index contributed by atoms with van der Waals surface area (Å²) in [5.74, 6) is 0.285. The van der Waals surface area contributed by atoms with Crippen molar-refractivity contribution in [2.75, 3.05) is 18.0 Å². The van der Waals surface area contributed by atoms with E-state index in [-0.39, 0.29) is 20.6 Å². The molecule has 0 atom stereocenters. The third-order valence-electron chi connectivity index (χ3n) is 5.91. The van der Waals surface area contributed by atoms with Crippen LogP contribution in [0.5, 0.6) is 11.5 Å². The highest BCUT2D eigenvalue weighted by atomic mass is 79.9. The standard InChI is InChI=1S/C30H26BrCl2N3O5S/c1-20-8-10-26(11-9-20)42(38,39)36(25-15-23(32)14-24(33)16-25)18-29(37)35-34-17-22-12-27(31)30(28(13-22)40-2)41-19-21-6-4-3-5-7-21/h3-17H,18-19H2,1-2H3,(H,35,37)/b34-17-. The van der Waals surface area contributed by atoms with Gasteiger partial charge < -0.3 is 9.47 Å². The SMILES string of the molecule is COc1cc(/C=N\NC(=O)CN(c2cc(Cl)cc(Cl)c2)S(=O)(=O)c2ccc(C)cc2)cc(Br)c1OCc1ccccc1. The minimum absolute atomic E-state index is 0.00650. The molecule has 0 aliphatic rings. The highest BCUT2D eigenvalue weighted by Crippen LogP contribution is 2.37. The van der Waals surface area contributed by atoms with Crippen molar-refractivity contribution in [2.45, 2.75) is 18.4 Å². The van der Waals surface area contributed by atoms with Gasteiger partial charge in [-0.3, -0.25) is 9.10 Å². The lowest BCUT2D eigenvalue weighted by atomic mass is 10.2. The first-order valence-electron chi connectivity index (χ1n) is 12.5. The molecule has 8 nitrogen and oxygen atoms in total. The third kappa shape index (κ3) is 8.04. The molecular weight excluding hydrogens is 665 g/mol. The van der Waals surface area contributed by atoms with Crippen molar-refractivity contribution < 1.29 is 22.7 Å². The van der Waals surface area contributed by atoms with E-state index >= 15 is 0 Å². The van der Waals surface area contributed by atoms with Gasteiger partial charge in [-0.05, 0) is 76.4 Å². The zero-order chi connectivity index (χ0) is 30.3. The summed E-state index contributed by atoms with van der Waals surface area (Å²) in [6, 6.07) is 23.7. The lowest BCUT2D eigenvalue weighted by Gasteiger charge is -2.24. The minimum Gasteiger partial charge on any atom is -0.493 e. The predicted octanol–water partition coefficient (Wildman–Crippen LogP) is 7.00. The van der Waals surface area contributed by atoms with E-state index in [2.05, 4.69) is 26.5 Å². The van der Waals surface area contributed by atoms with Crippen LogP contribution in [-0.2, 0) is 21.4 Å². The van der Waals surface area contributed by atoms with Crippen LogP contribution < -0.4 is 19.2 Å². The van der Waals surface area contributed by atoms with Gasteiger partial charge in [-0.1, -0.05) is 71.2 Å². The number of nitrogens with zero attached hydrogens (tertiary/aromatic N) is 2. The molecule has 4 aromatic carbocycles. The number of carbonyl (C=O) groups is 1. The highest BCUT2D eigenvalue weighted by Gasteiger charge is 2.28. The van der Waals surface area contributed by atoms with Crippen molar-refractivity contribution in [3.8, 4) is 11.5 Å². The summed E-state index contributed by atoms with van der Waals surface area (Å²) >= 11 is 15.8. The Labute approximate surface area is 263 Å². The van der Waals surface area contributed by atoms with Crippen LogP contribution in [-0.4, -0.2) is 34.2 Å². The van der Waals surface area contributed by atoms with Crippen molar-refractivity contribution in [2.24, 2.45) is 5.10 Å². The maximum Gasteiger partial charge on any atom is 0.264 e. The van der Waals surface area contributed by atoms with E-state index in [1.807, 2.05) is 37.3 Å². The number of methoxy groups -OCH3 is 1. The Kier molecular flexibility index (Phi) is 10.5. The summed E-state index contributed by atoms with van der Waals surface area (Å²) in [5, 5.41) is 4.45. The quantitative estimate of drug-likeness (QED) is 0.135. The van der Waals surface area contributed by atoms with Gasteiger partial charge in [0.1, 0.15) is 13.2 Å². The van der Waals surface area contributed by atoms with Gasteiger partial charge in [0, 0.05) is 10.0 Å². The number of ether oxygens (including phenoxy) is 2. The fourth-order valence-electron chi connectivity index (χ4n) is 3.86. The smallest absolute Gasteiger partial charge is 0.264 e. The lowest BCUT2D eigenvalue weighted by Crippen LogP contribution is -2.39. The summed E-state index contributed by atoms with van der Waals surface area (Å²) in [4.78, 5) is 12.9. The molecule has 0 saturated heterocycles. The average molecular weight is 691 g/mol. The molecule has 0 fully saturated rings. The molecule has 42 heavy (non-hydrogen) atoms. The maximum absolute atomic E-state index is 13.6. The number of hydrogen-bond acceptors (Lipinski definition) is 6. The Hall–Kier alpha value is -3.57. The Morgan fingerprint density at radius 2 is 1.67 bits per heavy atom. The molecule has 4 rings (SSSR count). The first-order chi connectivity index (χ1) is 20.1. The van der Waals surface area contributed by atoms with Gasteiger partial charge in [0.2, 0.25) is 0 Å². The first kappa shape index (κ1) is 31.4. The average Bonchev–Trinajstić information content (AvgIpc) is 2.95. The first-order valence-corrected chi connectivity index (χ1v) is 15.5. The molecule has 218 valence electrons. The highest BCUT2D eigenvalue weighted by molar-refractivity contribution is 9.10. The van der Waals surface area contributed by atoms with Gasteiger partial charge >= 0.3 is 0 Å². The minimum atomic E-state index is -4.15. The number of carbonyl (C=O) groups excluding carboxylic acids is 1. The van der Waals surface area contributed by atoms with Crippen LogP contribution in [0.3, 0.4) is 0 Å². The fourth-order valence-corrected chi connectivity index (χ4v) is 6.36. The van der Waals surface area contributed by atoms with Gasteiger partial charge in [-0.25, -0.2) is 13.8 Å². The number of anilines is 1. The van der Waals surface area contributed by atoms with Gasteiger partial charge in [0.25, 0.3) is 15.9 Å². The van der Waals surface area contributed by atoms with Crippen LogP contribution >= 0.6 is 39.1 Å². The van der Waals surface area contributed by atoms with Crippen LogP contribution in [0.4, 0.5) is 5.69 Å². The summed E-state index contributed by atoms with van der Waals surface area (Å²) in [7, 11) is -2.64. The molecular formula is C30H26BrCl2N3O5S. The molecule has 1 amide bonds. The van der Waals surface area contributed by atoms with Crippen molar-refractivity contribution in [1.82, 2.24) is 5.43 Å². The van der Waals surface area contributed by atoms with Gasteiger partial charge in [-0.2, -0.15) is 5.10 Å². The van der Waals surface area contributed by atoms with E-state index in [4.69, 9.17) is 32.7 Å². The van der Waals surface area contributed by atoms with Crippen LogP contribution in [0.15, 0.2) is 99.4 Å². The predicted molar refractivity (Wildman–Crippen MR) is 169 cm³/mol. The zero-order valence-electron chi connectivity index (χ0n) is 22.6.